The van der Waals surface area contributed by atoms with Crippen molar-refractivity contribution in [2.45, 2.75) is 25.7 Å². The minimum atomic E-state index is -1.03. The van der Waals surface area contributed by atoms with Gasteiger partial charge in [0.15, 0.2) is 0 Å². The van der Waals surface area contributed by atoms with Crippen molar-refractivity contribution < 1.29 is 24.5 Å². The summed E-state index contributed by atoms with van der Waals surface area (Å²) in [4.78, 5) is 44.4. The van der Waals surface area contributed by atoms with Crippen molar-refractivity contribution in [2.24, 2.45) is 0 Å². The molecule has 122 valence electrons. The van der Waals surface area contributed by atoms with Gasteiger partial charge in [-0.3, -0.25) is 29.8 Å². The molecule has 2 rings (SSSR count). The van der Waals surface area contributed by atoms with Crippen LogP contribution < -0.4 is 4.90 Å². The molecule has 1 N–H and O–H groups in total. The molecule has 0 aromatic heterocycles. The Morgan fingerprint density at radius 2 is 1.87 bits per heavy atom. The molecule has 10 heteroatoms. The molecule has 0 atom stereocenters. The molecule has 1 heterocycles. The summed E-state index contributed by atoms with van der Waals surface area (Å²) in [6.07, 6.45) is 0.179. The van der Waals surface area contributed by atoms with E-state index in [1.54, 1.807) is 0 Å². The lowest BCUT2D eigenvalue weighted by Crippen LogP contribution is -2.29. The molecule has 10 nitrogen and oxygen atoms in total. The fourth-order valence-corrected chi connectivity index (χ4v) is 2.53. The maximum absolute atomic E-state index is 12.2. The van der Waals surface area contributed by atoms with Crippen molar-refractivity contribution >= 4 is 28.9 Å². The molecule has 0 saturated heterocycles. The Kier molecular flexibility index (Phi) is 4.53. The second-order valence-electron chi connectivity index (χ2n) is 5.03. The third-order valence-corrected chi connectivity index (χ3v) is 3.52. The third-order valence-electron chi connectivity index (χ3n) is 3.52. The Bertz CT molecular complexity index is 701. The molecular formula is C13H13N3O7. The maximum atomic E-state index is 12.2. The number of aliphatic carboxylic acids is 1. The largest absolute Gasteiger partial charge is 0.481 e. The molecule has 1 aliphatic rings. The van der Waals surface area contributed by atoms with E-state index in [2.05, 4.69) is 0 Å². The average Bonchev–Trinajstić information content (AvgIpc) is 2.89. The Hall–Kier alpha value is -3.04. The van der Waals surface area contributed by atoms with Gasteiger partial charge in [0.05, 0.1) is 15.9 Å². The first-order valence-electron chi connectivity index (χ1n) is 6.79. The van der Waals surface area contributed by atoms with E-state index < -0.39 is 33.1 Å². The molecule has 0 spiro atoms. The van der Waals surface area contributed by atoms with Crippen LogP contribution in [0.25, 0.3) is 0 Å². The number of carboxylic acid groups (broad SMARTS) is 1. The zero-order valence-corrected chi connectivity index (χ0v) is 11.9. The Morgan fingerprint density at radius 1 is 1.17 bits per heavy atom. The monoisotopic (exact) mass is 323 g/mol. The average molecular weight is 323 g/mol. The zero-order chi connectivity index (χ0) is 17.1. The summed E-state index contributed by atoms with van der Waals surface area (Å²) in [5.74, 6) is -1.46. The molecule has 0 saturated carbocycles. The van der Waals surface area contributed by atoms with Crippen LogP contribution in [0.5, 0.6) is 0 Å². The zero-order valence-electron chi connectivity index (χ0n) is 11.9. The van der Waals surface area contributed by atoms with Crippen molar-refractivity contribution in [3.8, 4) is 0 Å². The van der Waals surface area contributed by atoms with Gasteiger partial charge in [0.1, 0.15) is 5.69 Å². The van der Waals surface area contributed by atoms with Gasteiger partial charge in [-0.2, -0.15) is 0 Å². The van der Waals surface area contributed by atoms with E-state index in [4.69, 9.17) is 5.11 Å². The quantitative estimate of drug-likeness (QED) is 0.618. The van der Waals surface area contributed by atoms with Crippen molar-refractivity contribution in [1.29, 1.82) is 0 Å². The lowest BCUT2D eigenvalue weighted by Gasteiger charge is -2.17. The second kappa shape index (κ2) is 6.38. The summed E-state index contributed by atoms with van der Waals surface area (Å²) in [7, 11) is 0. The van der Waals surface area contributed by atoms with E-state index in [-0.39, 0.29) is 37.9 Å². The smallest absolute Gasteiger partial charge is 0.303 e. The van der Waals surface area contributed by atoms with Gasteiger partial charge in [-0.15, -0.1) is 0 Å². The normalized spacial score (nSPS) is 12.8. The number of nitrogens with zero attached hydrogens (tertiary/aromatic N) is 3. The first-order chi connectivity index (χ1) is 10.8. The summed E-state index contributed by atoms with van der Waals surface area (Å²) in [5.41, 5.74) is -0.438. The number of amides is 1. The fourth-order valence-electron chi connectivity index (χ4n) is 2.53. The van der Waals surface area contributed by atoms with E-state index in [0.717, 1.165) is 6.07 Å². The van der Waals surface area contributed by atoms with Crippen molar-refractivity contribution in [1.82, 2.24) is 0 Å². The Morgan fingerprint density at radius 3 is 2.43 bits per heavy atom. The number of carbonyl (C=O) groups excluding carboxylic acids is 1. The number of hydrogen-bond donors (Lipinski definition) is 1. The van der Waals surface area contributed by atoms with Crippen LogP contribution in [0.1, 0.15) is 24.8 Å². The van der Waals surface area contributed by atoms with Gasteiger partial charge in [0.2, 0.25) is 5.91 Å². The number of nitro benzene ring substituents is 2. The first kappa shape index (κ1) is 16.3. The van der Waals surface area contributed by atoms with Crippen LogP contribution in [-0.2, 0) is 16.0 Å². The molecule has 0 unspecified atom stereocenters. The molecule has 0 fully saturated rings. The van der Waals surface area contributed by atoms with E-state index in [1.165, 1.54) is 11.0 Å². The van der Waals surface area contributed by atoms with Crippen LogP contribution >= 0.6 is 0 Å². The SMILES string of the molecule is O=C(O)CCCC(=O)N1CCc2cc([N+](=O)[O-])cc([N+](=O)[O-])c21. The predicted octanol–water partition coefficient (Wildman–Crippen LogP) is 1.65. The Balaban J connectivity index is 2.31. The summed E-state index contributed by atoms with van der Waals surface area (Å²) in [5, 5.41) is 30.6. The van der Waals surface area contributed by atoms with E-state index >= 15 is 0 Å². The minimum Gasteiger partial charge on any atom is -0.481 e. The van der Waals surface area contributed by atoms with Gasteiger partial charge in [0.25, 0.3) is 11.4 Å². The van der Waals surface area contributed by atoms with Crippen molar-refractivity contribution in [3.05, 3.63) is 37.9 Å². The summed E-state index contributed by atoms with van der Waals surface area (Å²) in [6, 6.07) is 2.06. The van der Waals surface area contributed by atoms with E-state index in [1.807, 2.05) is 0 Å². The third kappa shape index (κ3) is 3.42. The molecule has 23 heavy (non-hydrogen) atoms. The van der Waals surface area contributed by atoms with Crippen LogP contribution in [0.4, 0.5) is 17.1 Å². The van der Waals surface area contributed by atoms with Gasteiger partial charge in [-0.05, 0) is 18.4 Å². The van der Waals surface area contributed by atoms with Crippen molar-refractivity contribution in [3.63, 3.8) is 0 Å². The first-order valence-corrected chi connectivity index (χ1v) is 6.79. The fraction of sp³-hybridized carbons (Fsp3) is 0.385. The standard InChI is InChI=1S/C13H13N3O7/c17-11(2-1-3-12(18)19)14-5-4-8-6-9(15(20)21)7-10(13(8)14)16(22)23/h6-7H,1-5H2,(H,18,19). The maximum Gasteiger partial charge on any atom is 0.303 e. The van der Waals surface area contributed by atoms with Crippen LogP contribution in [-0.4, -0.2) is 33.4 Å². The van der Waals surface area contributed by atoms with E-state index in [9.17, 15) is 29.8 Å². The van der Waals surface area contributed by atoms with Gasteiger partial charge >= 0.3 is 5.97 Å². The second-order valence-corrected chi connectivity index (χ2v) is 5.03. The molecule has 1 amide bonds. The molecule has 1 aromatic carbocycles. The van der Waals surface area contributed by atoms with Gasteiger partial charge < -0.3 is 10.0 Å². The summed E-state index contributed by atoms with van der Waals surface area (Å²) in [6.45, 7) is 0.184. The number of carbonyl (C=O) groups is 2. The van der Waals surface area contributed by atoms with E-state index in [0.29, 0.717) is 5.56 Å². The van der Waals surface area contributed by atoms with Crippen LogP contribution in [0.3, 0.4) is 0 Å². The topological polar surface area (TPSA) is 144 Å². The van der Waals surface area contributed by atoms with Crippen LogP contribution in [0, 0.1) is 20.2 Å². The number of rotatable bonds is 6. The summed E-state index contributed by atoms with van der Waals surface area (Å²) >= 11 is 0. The molecule has 0 radical (unpaired) electrons. The van der Waals surface area contributed by atoms with Gasteiger partial charge in [0, 0.05) is 25.5 Å². The number of benzene rings is 1. The summed E-state index contributed by atoms with van der Waals surface area (Å²) < 4.78 is 0. The Labute approximate surface area is 129 Å². The van der Waals surface area contributed by atoms with Gasteiger partial charge in [-0.1, -0.05) is 0 Å². The lowest BCUT2D eigenvalue weighted by atomic mass is 10.1. The lowest BCUT2D eigenvalue weighted by molar-refractivity contribution is -0.393. The highest BCUT2D eigenvalue weighted by atomic mass is 16.6. The minimum absolute atomic E-state index is 0.0557. The number of carboxylic acids is 1. The molecule has 0 bridgehead atoms. The number of fused-ring (bicyclic) bond motifs is 1. The highest BCUT2D eigenvalue weighted by Crippen LogP contribution is 2.40. The number of nitro groups is 2. The van der Waals surface area contributed by atoms with Crippen LogP contribution in [0.15, 0.2) is 12.1 Å². The highest BCUT2D eigenvalue weighted by molar-refractivity contribution is 5.98. The number of anilines is 1. The van der Waals surface area contributed by atoms with Gasteiger partial charge in [-0.25, -0.2) is 0 Å². The van der Waals surface area contributed by atoms with Crippen molar-refractivity contribution in [2.75, 3.05) is 11.4 Å². The van der Waals surface area contributed by atoms with Crippen LogP contribution in [0.2, 0.25) is 0 Å². The molecule has 1 aromatic rings. The predicted molar refractivity (Wildman–Crippen MR) is 77.3 cm³/mol. The molecule has 1 aliphatic heterocycles. The number of hydrogen-bond acceptors (Lipinski definition) is 6. The highest BCUT2D eigenvalue weighted by Gasteiger charge is 2.34. The number of non-ortho nitro benzene ring substituents is 1. The molecular weight excluding hydrogens is 310 g/mol. The molecule has 0 aliphatic carbocycles.